The van der Waals surface area contributed by atoms with E-state index < -0.39 is 11.7 Å². The van der Waals surface area contributed by atoms with Crippen molar-refractivity contribution in [1.29, 1.82) is 0 Å². The minimum atomic E-state index is -4.32. The summed E-state index contributed by atoms with van der Waals surface area (Å²) in [7, 11) is 0. The van der Waals surface area contributed by atoms with E-state index in [1.165, 1.54) is 12.1 Å². The molecule has 0 spiro atoms. The highest BCUT2D eigenvalue weighted by Crippen LogP contribution is 2.37. The van der Waals surface area contributed by atoms with Gasteiger partial charge >= 0.3 is 6.18 Å². The lowest BCUT2D eigenvalue weighted by Gasteiger charge is -2.13. The third-order valence-corrected chi connectivity index (χ3v) is 3.29. The molecule has 0 atom stereocenters. The molecule has 0 amide bonds. The van der Waals surface area contributed by atoms with Gasteiger partial charge in [-0.15, -0.1) is 0 Å². The second-order valence-electron chi connectivity index (χ2n) is 4.85. The molecule has 3 heteroatoms. The molecule has 0 saturated carbocycles. The van der Waals surface area contributed by atoms with E-state index in [4.69, 9.17) is 0 Å². The largest absolute Gasteiger partial charge is 0.417 e. The normalized spacial score (nSPS) is 11.6. The van der Waals surface area contributed by atoms with Gasteiger partial charge in [0.05, 0.1) is 5.56 Å². The van der Waals surface area contributed by atoms with Gasteiger partial charge in [0, 0.05) is 0 Å². The molecule has 0 radical (unpaired) electrons. The number of hydrogen-bond acceptors (Lipinski definition) is 0. The Labute approximate surface area is 117 Å². The fourth-order valence-electron chi connectivity index (χ4n) is 2.26. The van der Waals surface area contributed by atoms with Crippen LogP contribution in [0.5, 0.6) is 0 Å². The van der Waals surface area contributed by atoms with Crippen molar-refractivity contribution in [3.8, 4) is 11.1 Å². The van der Waals surface area contributed by atoms with Crippen LogP contribution in [-0.4, -0.2) is 0 Å². The number of alkyl halides is 3. The van der Waals surface area contributed by atoms with Gasteiger partial charge in [0.2, 0.25) is 0 Å². The number of halogens is 3. The molecule has 2 rings (SSSR count). The standard InChI is InChI=1S/C17H17F3/c1-2-3-7-13-8-6-9-14(12-13)15-10-4-5-11-16(15)17(18,19)20/h4-6,8-12H,2-3,7H2,1H3. The Morgan fingerprint density at radius 2 is 1.70 bits per heavy atom. The highest BCUT2D eigenvalue weighted by molar-refractivity contribution is 5.68. The molecule has 0 N–H and O–H groups in total. The number of rotatable bonds is 4. The summed E-state index contributed by atoms with van der Waals surface area (Å²) in [5.74, 6) is 0. The zero-order valence-electron chi connectivity index (χ0n) is 11.4. The predicted molar refractivity (Wildman–Crippen MR) is 75.5 cm³/mol. The van der Waals surface area contributed by atoms with Crippen LogP contribution in [0.25, 0.3) is 11.1 Å². The van der Waals surface area contributed by atoms with Crippen molar-refractivity contribution in [1.82, 2.24) is 0 Å². The van der Waals surface area contributed by atoms with Crippen molar-refractivity contribution in [3.05, 3.63) is 59.7 Å². The minimum absolute atomic E-state index is 0.248. The van der Waals surface area contributed by atoms with Crippen molar-refractivity contribution in [2.45, 2.75) is 32.4 Å². The van der Waals surface area contributed by atoms with Crippen LogP contribution in [0.1, 0.15) is 30.9 Å². The van der Waals surface area contributed by atoms with Crippen LogP contribution in [0.2, 0.25) is 0 Å². The summed E-state index contributed by atoms with van der Waals surface area (Å²) in [5.41, 5.74) is 1.39. The van der Waals surface area contributed by atoms with E-state index >= 15 is 0 Å². The van der Waals surface area contributed by atoms with Crippen LogP contribution in [0.3, 0.4) is 0 Å². The second-order valence-corrected chi connectivity index (χ2v) is 4.85. The molecule has 0 heterocycles. The van der Waals surface area contributed by atoms with Gasteiger partial charge in [-0.25, -0.2) is 0 Å². The maximum atomic E-state index is 13.0. The molecule has 0 bridgehead atoms. The molecule has 20 heavy (non-hydrogen) atoms. The fraction of sp³-hybridized carbons (Fsp3) is 0.294. The van der Waals surface area contributed by atoms with Crippen LogP contribution in [0.4, 0.5) is 13.2 Å². The molecule has 0 nitrogen and oxygen atoms in total. The first kappa shape index (κ1) is 14.6. The van der Waals surface area contributed by atoms with Gasteiger partial charge < -0.3 is 0 Å². The van der Waals surface area contributed by atoms with Crippen molar-refractivity contribution in [2.75, 3.05) is 0 Å². The molecule has 106 valence electrons. The number of unbranched alkanes of at least 4 members (excludes halogenated alkanes) is 1. The predicted octanol–water partition coefficient (Wildman–Crippen LogP) is 5.72. The maximum absolute atomic E-state index is 13.0. The SMILES string of the molecule is CCCCc1cccc(-c2ccccc2C(F)(F)F)c1. The van der Waals surface area contributed by atoms with E-state index in [1.54, 1.807) is 12.1 Å². The van der Waals surface area contributed by atoms with Crippen molar-refractivity contribution in [3.63, 3.8) is 0 Å². The van der Waals surface area contributed by atoms with Crippen LogP contribution >= 0.6 is 0 Å². The van der Waals surface area contributed by atoms with Crippen LogP contribution < -0.4 is 0 Å². The zero-order chi connectivity index (χ0) is 14.6. The van der Waals surface area contributed by atoms with Gasteiger partial charge in [-0.3, -0.25) is 0 Å². The van der Waals surface area contributed by atoms with E-state index in [1.807, 2.05) is 18.2 Å². The average Bonchev–Trinajstić information content (AvgIpc) is 2.44. The molecular formula is C17H17F3. The Kier molecular flexibility index (Phi) is 4.48. The lowest BCUT2D eigenvalue weighted by atomic mass is 9.96. The Hall–Kier alpha value is -1.77. The van der Waals surface area contributed by atoms with Gasteiger partial charge in [-0.2, -0.15) is 13.2 Å². The highest BCUT2D eigenvalue weighted by atomic mass is 19.4. The average molecular weight is 278 g/mol. The Bertz CT molecular complexity index is 570. The first-order valence-electron chi connectivity index (χ1n) is 6.78. The molecule has 0 aliphatic heterocycles. The molecular weight excluding hydrogens is 261 g/mol. The number of benzene rings is 2. The van der Waals surface area contributed by atoms with Gasteiger partial charge in [-0.1, -0.05) is 55.8 Å². The van der Waals surface area contributed by atoms with E-state index in [2.05, 4.69) is 6.92 Å². The zero-order valence-corrected chi connectivity index (χ0v) is 11.4. The van der Waals surface area contributed by atoms with E-state index in [0.717, 1.165) is 30.9 Å². The summed E-state index contributed by atoms with van der Waals surface area (Å²) in [5, 5.41) is 0. The topological polar surface area (TPSA) is 0 Å². The number of aryl methyl sites for hydroxylation is 1. The fourth-order valence-corrected chi connectivity index (χ4v) is 2.26. The Balaban J connectivity index is 2.42. The summed E-state index contributed by atoms with van der Waals surface area (Å²) >= 11 is 0. The molecule has 0 unspecified atom stereocenters. The Morgan fingerprint density at radius 1 is 0.950 bits per heavy atom. The van der Waals surface area contributed by atoms with Crippen molar-refractivity contribution in [2.24, 2.45) is 0 Å². The summed E-state index contributed by atoms with van der Waals surface area (Å²) in [6, 6.07) is 13.1. The van der Waals surface area contributed by atoms with Crippen LogP contribution in [-0.2, 0) is 12.6 Å². The summed E-state index contributed by atoms with van der Waals surface area (Å²) < 4.78 is 39.1. The van der Waals surface area contributed by atoms with Crippen LogP contribution in [0, 0.1) is 0 Å². The molecule has 0 aliphatic rings. The second kappa shape index (κ2) is 6.12. The maximum Gasteiger partial charge on any atom is 0.417 e. The van der Waals surface area contributed by atoms with Crippen molar-refractivity contribution < 1.29 is 13.2 Å². The van der Waals surface area contributed by atoms with E-state index in [-0.39, 0.29) is 5.56 Å². The first-order chi connectivity index (χ1) is 9.52. The minimum Gasteiger partial charge on any atom is -0.166 e. The molecule has 0 fully saturated rings. The summed E-state index contributed by atoms with van der Waals surface area (Å²) in [6.45, 7) is 2.10. The van der Waals surface area contributed by atoms with Gasteiger partial charge in [0.25, 0.3) is 0 Å². The monoisotopic (exact) mass is 278 g/mol. The van der Waals surface area contributed by atoms with Gasteiger partial charge in [0.1, 0.15) is 0 Å². The molecule has 0 aliphatic carbocycles. The van der Waals surface area contributed by atoms with E-state index in [9.17, 15) is 13.2 Å². The van der Waals surface area contributed by atoms with Crippen molar-refractivity contribution >= 4 is 0 Å². The van der Waals surface area contributed by atoms with Gasteiger partial charge in [-0.05, 0) is 35.6 Å². The molecule has 0 aromatic heterocycles. The summed E-state index contributed by atoms with van der Waals surface area (Å²) in [6.07, 6.45) is -1.30. The third kappa shape index (κ3) is 3.41. The van der Waals surface area contributed by atoms with Gasteiger partial charge in [0.15, 0.2) is 0 Å². The third-order valence-electron chi connectivity index (χ3n) is 3.29. The lowest BCUT2D eigenvalue weighted by molar-refractivity contribution is -0.137. The first-order valence-corrected chi connectivity index (χ1v) is 6.78. The molecule has 2 aromatic carbocycles. The summed E-state index contributed by atoms with van der Waals surface area (Å²) in [4.78, 5) is 0. The molecule has 0 saturated heterocycles. The smallest absolute Gasteiger partial charge is 0.166 e. The lowest BCUT2D eigenvalue weighted by Crippen LogP contribution is -2.06. The number of hydrogen-bond donors (Lipinski definition) is 0. The molecule has 2 aromatic rings. The highest BCUT2D eigenvalue weighted by Gasteiger charge is 2.33. The Morgan fingerprint density at radius 3 is 2.40 bits per heavy atom. The van der Waals surface area contributed by atoms with E-state index in [0.29, 0.717) is 5.56 Å². The van der Waals surface area contributed by atoms with Crippen LogP contribution in [0.15, 0.2) is 48.5 Å². The quantitative estimate of drug-likeness (QED) is 0.671.